The number of aryl methyl sites for hydroxylation is 1. The molecule has 0 radical (unpaired) electrons. The summed E-state index contributed by atoms with van der Waals surface area (Å²) in [5.74, 6) is 2.53. The van der Waals surface area contributed by atoms with E-state index in [4.69, 9.17) is 19.2 Å². The Bertz CT molecular complexity index is 994. The Morgan fingerprint density at radius 2 is 1.62 bits per heavy atom. The highest BCUT2D eigenvalue weighted by atomic mass is 16.5. The summed E-state index contributed by atoms with van der Waals surface area (Å²) in [7, 11) is 1.62. The van der Waals surface area contributed by atoms with Crippen LogP contribution in [0.4, 0.5) is 5.69 Å². The second kappa shape index (κ2) is 10.1. The first kappa shape index (κ1) is 20.2. The van der Waals surface area contributed by atoms with E-state index in [1.54, 1.807) is 13.4 Å². The van der Waals surface area contributed by atoms with Crippen molar-refractivity contribution in [2.24, 2.45) is 4.99 Å². The zero-order valence-electron chi connectivity index (χ0n) is 17.0. The molecule has 0 unspecified atom stereocenters. The molecular weight excluding hydrogens is 362 g/mol. The summed E-state index contributed by atoms with van der Waals surface area (Å²) in [6.07, 6.45) is 2.36. The number of para-hydroxylation sites is 3. The van der Waals surface area contributed by atoms with Crippen LogP contribution in [0.3, 0.4) is 0 Å². The number of nitrogens with zero attached hydrogens (tertiary/aromatic N) is 1. The molecular formula is C25H25NO3. The third kappa shape index (κ3) is 5.72. The lowest BCUT2D eigenvalue weighted by molar-refractivity contribution is 0.376. The maximum Gasteiger partial charge on any atom is 0.226 e. The van der Waals surface area contributed by atoms with Gasteiger partial charge in [-0.25, -0.2) is 4.99 Å². The standard InChI is InChI=1S/C25H25NO3/c1-4-20(18-28-24-16-9-8-15-23(24)27-3)25(26-21-12-6-5-7-13-21)29-22-14-10-11-19(2)17-22/h5-18H,4H2,1-3H3/b20-18+,26-25-. The molecule has 0 N–H and O–H groups in total. The van der Waals surface area contributed by atoms with E-state index in [-0.39, 0.29) is 0 Å². The maximum absolute atomic E-state index is 6.17. The molecule has 0 spiro atoms. The number of rotatable bonds is 7. The lowest BCUT2D eigenvalue weighted by Gasteiger charge is -2.13. The van der Waals surface area contributed by atoms with Crippen molar-refractivity contribution in [3.8, 4) is 17.2 Å². The number of benzene rings is 3. The van der Waals surface area contributed by atoms with Gasteiger partial charge in [-0.05, 0) is 55.3 Å². The van der Waals surface area contributed by atoms with Gasteiger partial charge in [0.05, 0.1) is 19.1 Å². The van der Waals surface area contributed by atoms with E-state index in [2.05, 4.69) is 0 Å². The molecule has 0 atom stereocenters. The molecule has 0 fully saturated rings. The predicted molar refractivity (Wildman–Crippen MR) is 117 cm³/mol. The summed E-state index contributed by atoms with van der Waals surface area (Å²) in [6.45, 7) is 4.07. The Hall–Kier alpha value is -3.53. The molecule has 0 aliphatic rings. The molecule has 0 saturated heterocycles. The van der Waals surface area contributed by atoms with Crippen molar-refractivity contribution in [1.82, 2.24) is 0 Å². The normalized spacial score (nSPS) is 11.8. The molecule has 0 heterocycles. The molecule has 3 rings (SSSR count). The minimum Gasteiger partial charge on any atom is -0.493 e. The van der Waals surface area contributed by atoms with E-state index in [9.17, 15) is 0 Å². The van der Waals surface area contributed by atoms with Crippen LogP contribution in [0.25, 0.3) is 0 Å². The zero-order chi connectivity index (χ0) is 20.5. The van der Waals surface area contributed by atoms with Gasteiger partial charge in [0, 0.05) is 5.57 Å². The highest BCUT2D eigenvalue weighted by Crippen LogP contribution is 2.27. The van der Waals surface area contributed by atoms with Crippen molar-refractivity contribution in [2.75, 3.05) is 7.11 Å². The molecule has 4 heteroatoms. The Morgan fingerprint density at radius 1 is 0.897 bits per heavy atom. The van der Waals surface area contributed by atoms with Gasteiger partial charge >= 0.3 is 0 Å². The second-order valence-electron chi connectivity index (χ2n) is 6.44. The molecule has 0 aliphatic heterocycles. The van der Waals surface area contributed by atoms with E-state index in [1.807, 2.05) is 92.7 Å². The van der Waals surface area contributed by atoms with Crippen LogP contribution in [0.5, 0.6) is 17.2 Å². The highest BCUT2D eigenvalue weighted by Gasteiger charge is 2.12. The summed E-state index contributed by atoms with van der Waals surface area (Å²) in [6, 6.07) is 25.1. The second-order valence-corrected chi connectivity index (χ2v) is 6.44. The molecule has 3 aromatic rings. The topological polar surface area (TPSA) is 40.0 Å². The van der Waals surface area contributed by atoms with Crippen LogP contribution in [0, 0.1) is 6.92 Å². The first-order chi connectivity index (χ1) is 14.2. The average Bonchev–Trinajstić information content (AvgIpc) is 2.75. The molecule has 3 aromatic carbocycles. The number of ether oxygens (including phenoxy) is 3. The number of methoxy groups -OCH3 is 1. The summed E-state index contributed by atoms with van der Waals surface area (Å²) in [5, 5.41) is 0. The maximum atomic E-state index is 6.17. The van der Waals surface area contributed by atoms with Gasteiger partial charge < -0.3 is 14.2 Å². The number of hydrogen-bond donors (Lipinski definition) is 0. The number of hydrogen-bond acceptors (Lipinski definition) is 4. The summed E-state index contributed by atoms with van der Waals surface area (Å²) in [4.78, 5) is 4.72. The summed E-state index contributed by atoms with van der Waals surface area (Å²) in [5.41, 5.74) is 2.77. The van der Waals surface area contributed by atoms with Gasteiger partial charge in [0.2, 0.25) is 5.90 Å². The SMILES string of the molecule is CCC(=C\Oc1ccccc1OC)/C(=N/c1ccccc1)Oc1cccc(C)c1. The van der Waals surface area contributed by atoms with Crippen molar-refractivity contribution >= 4 is 11.6 Å². The zero-order valence-corrected chi connectivity index (χ0v) is 17.0. The molecule has 0 aliphatic carbocycles. The molecule has 4 nitrogen and oxygen atoms in total. The summed E-state index contributed by atoms with van der Waals surface area (Å²) < 4.78 is 17.4. The van der Waals surface area contributed by atoms with Crippen LogP contribution in [0.15, 0.2) is 95.7 Å². The third-order valence-electron chi connectivity index (χ3n) is 4.24. The fourth-order valence-corrected chi connectivity index (χ4v) is 2.71. The largest absolute Gasteiger partial charge is 0.493 e. The predicted octanol–water partition coefficient (Wildman–Crippen LogP) is 6.49. The minimum absolute atomic E-state index is 0.499. The van der Waals surface area contributed by atoms with E-state index < -0.39 is 0 Å². The van der Waals surface area contributed by atoms with Crippen LogP contribution in [-0.2, 0) is 0 Å². The monoisotopic (exact) mass is 387 g/mol. The van der Waals surface area contributed by atoms with Crippen LogP contribution in [0.1, 0.15) is 18.9 Å². The van der Waals surface area contributed by atoms with Crippen molar-refractivity contribution < 1.29 is 14.2 Å². The lowest BCUT2D eigenvalue weighted by atomic mass is 10.2. The average molecular weight is 387 g/mol. The van der Waals surface area contributed by atoms with Gasteiger partial charge in [0.25, 0.3) is 0 Å². The van der Waals surface area contributed by atoms with Crippen molar-refractivity contribution in [3.05, 3.63) is 96.3 Å². The lowest BCUT2D eigenvalue weighted by Crippen LogP contribution is -2.12. The highest BCUT2D eigenvalue weighted by molar-refractivity contribution is 5.96. The Morgan fingerprint density at radius 3 is 2.31 bits per heavy atom. The molecule has 0 saturated carbocycles. The molecule has 0 aromatic heterocycles. The van der Waals surface area contributed by atoms with Gasteiger partial charge in [0.15, 0.2) is 11.5 Å². The van der Waals surface area contributed by atoms with Crippen LogP contribution in [0.2, 0.25) is 0 Å². The molecule has 0 amide bonds. The molecule has 148 valence electrons. The van der Waals surface area contributed by atoms with Gasteiger partial charge in [-0.2, -0.15) is 0 Å². The molecule has 0 bridgehead atoms. The van der Waals surface area contributed by atoms with Crippen LogP contribution in [-0.4, -0.2) is 13.0 Å². The van der Waals surface area contributed by atoms with E-state index in [0.717, 1.165) is 22.6 Å². The van der Waals surface area contributed by atoms with Crippen molar-refractivity contribution in [2.45, 2.75) is 20.3 Å². The third-order valence-corrected chi connectivity index (χ3v) is 4.24. The van der Waals surface area contributed by atoms with E-state index in [1.165, 1.54) is 0 Å². The fourth-order valence-electron chi connectivity index (χ4n) is 2.71. The molecule has 29 heavy (non-hydrogen) atoms. The smallest absolute Gasteiger partial charge is 0.226 e. The van der Waals surface area contributed by atoms with E-state index in [0.29, 0.717) is 23.8 Å². The quantitative estimate of drug-likeness (QED) is 0.264. The Labute approximate surface area is 172 Å². The summed E-state index contributed by atoms with van der Waals surface area (Å²) >= 11 is 0. The fraction of sp³-hybridized carbons (Fsp3) is 0.160. The van der Waals surface area contributed by atoms with Crippen LogP contribution >= 0.6 is 0 Å². The van der Waals surface area contributed by atoms with Gasteiger partial charge in [-0.3, -0.25) is 0 Å². The van der Waals surface area contributed by atoms with Gasteiger partial charge in [-0.1, -0.05) is 49.4 Å². The van der Waals surface area contributed by atoms with Gasteiger partial charge in [0.1, 0.15) is 5.75 Å². The van der Waals surface area contributed by atoms with E-state index >= 15 is 0 Å². The van der Waals surface area contributed by atoms with Crippen molar-refractivity contribution in [1.29, 1.82) is 0 Å². The first-order valence-corrected chi connectivity index (χ1v) is 9.57. The van der Waals surface area contributed by atoms with Gasteiger partial charge in [-0.15, -0.1) is 0 Å². The first-order valence-electron chi connectivity index (χ1n) is 9.57. The van der Waals surface area contributed by atoms with Crippen molar-refractivity contribution in [3.63, 3.8) is 0 Å². The Balaban J connectivity index is 1.95. The Kier molecular flexibility index (Phi) is 7.06. The minimum atomic E-state index is 0.499. The van der Waals surface area contributed by atoms with Crippen LogP contribution < -0.4 is 14.2 Å². The number of aliphatic imine (C=N–C) groups is 1.